The van der Waals surface area contributed by atoms with Crippen LogP contribution in [0, 0.1) is 25.2 Å². The second-order valence-corrected chi connectivity index (χ2v) is 9.07. The first-order chi connectivity index (χ1) is 18.4. The van der Waals surface area contributed by atoms with Crippen LogP contribution in [-0.2, 0) is 13.2 Å². The van der Waals surface area contributed by atoms with Crippen LogP contribution in [0.4, 0.5) is 0 Å². The molecule has 0 radical (unpaired) electrons. The van der Waals surface area contributed by atoms with Crippen LogP contribution < -0.4 is 14.2 Å². The fourth-order valence-electron chi connectivity index (χ4n) is 4.17. The van der Waals surface area contributed by atoms with E-state index >= 15 is 0 Å². The molecule has 0 atom stereocenters. The van der Waals surface area contributed by atoms with Crippen molar-refractivity contribution in [3.05, 3.63) is 105 Å². The maximum absolute atomic E-state index is 11.6. The summed E-state index contributed by atoms with van der Waals surface area (Å²) < 4.78 is 17.8. The summed E-state index contributed by atoms with van der Waals surface area (Å²) in [5.74, 6) is 1.60. The minimum Gasteiger partial charge on any atom is -0.494 e. The molecule has 0 N–H and O–H groups in total. The normalized spacial score (nSPS) is 10.5. The van der Waals surface area contributed by atoms with E-state index in [1.54, 1.807) is 18.3 Å². The van der Waals surface area contributed by atoms with Gasteiger partial charge in [-0.25, -0.2) is 0 Å². The van der Waals surface area contributed by atoms with Gasteiger partial charge in [-0.2, -0.15) is 5.26 Å². The van der Waals surface area contributed by atoms with Crippen molar-refractivity contribution in [2.45, 2.75) is 34.0 Å². The molecular weight excluding hydrogens is 500 g/mol. The molecule has 0 spiro atoms. The standard InChI is InChI=1S/C31H27ClN2O4/c1-4-36-29-10-6-9-27(21(29)3)26-8-5-7-24(20(26)2)19-38-31-13-30(25(17-35)12-28(31)32)37-18-23-11-22(14-33)15-34-16-23/h5-13,15-17H,4,18-19H2,1-3H3. The van der Waals surface area contributed by atoms with Gasteiger partial charge in [0.15, 0.2) is 6.29 Å². The van der Waals surface area contributed by atoms with Crippen molar-refractivity contribution >= 4 is 17.9 Å². The second-order valence-electron chi connectivity index (χ2n) is 8.66. The smallest absolute Gasteiger partial charge is 0.153 e. The van der Waals surface area contributed by atoms with Gasteiger partial charge in [0.2, 0.25) is 0 Å². The number of nitrogens with zero attached hydrogens (tertiary/aromatic N) is 2. The maximum Gasteiger partial charge on any atom is 0.153 e. The maximum atomic E-state index is 11.6. The molecule has 0 aliphatic heterocycles. The van der Waals surface area contributed by atoms with Crippen molar-refractivity contribution in [3.63, 3.8) is 0 Å². The lowest BCUT2D eigenvalue weighted by molar-refractivity contribution is 0.111. The lowest BCUT2D eigenvalue weighted by atomic mass is 9.93. The molecule has 0 aliphatic rings. The lowest BCUT2D eigenvalue weighted by Gasteiger charge is -2.17. The van der Waals surface area contributed by atoms with Crippen LogP contribution in [0.3, 0.4) is 0 Å². The molecule has 192 valence electrons. The number of hydrogen-bond acceptors (Lipinski definition) is 6. The van der Waals surface area contributed by atoms with Gasteiger partial charge in [-0.1, -0.05) is 41.9 Å². The Bertz CT molecular complexity index is 1510. The molecule has 1 aromatic heterocycles. The molecule has 4 aromatic rings. The van der Waals surface area contributed by atoms with E-state index in [1.807, 2.05) is 37.3 Å². The molecule has 3 aromatic carbocycles. The molecule has 0 saturated heterocycles. The molecule has 38 heavy (non-hydrogen) atoms. The molecule has 1 heterocycles. The van der Waals surface area contributed by atoms with Crippen molar-refractivity contribution in [3.8, 4) is 34.4 Å². The van der Waals surface area contributed by atoms with Crippen LogP contribution in [0.25, 0.3) is 11.1 Å². The number of aromatic nitrogens is 1. The van der Waals surface area contributed by atoms with E-state index in [2.05, 4.69) is 31.0 Å². The first-order valence-corrected chi connectivity index (χ1v) is 12.5. The molecule has 0 saturated carbocycles. The highest BCUT2D eigenvalue weighted by molar-refractivity contribution is 6.32. The largest absolute Gasteiger partial charge is 0.494 e. The van der Waals surface area contributed by atoms with E-state index in [9.17, 15) is 4.79 Å². The van der Waals surface area contributed by atoms with E-state index < -0.39 is 0 Å². The topological polar surface area (TPSA) is 81.4 Å². The Balaban J connectivity index is 1.56. The van der Waals surface area contributed by atoms with Gasteiger partial charge >= 0.3 is 0 Å². The van der Waals surface area contributed by atoms with Crippen LogP contribution in [0.5, 0.6) is 17.2 Å². The van der Waals surface area contributed by atoms with E-state index in [-0.39, 0.29) is 13.2 Å². The second kappa shape index (κ2) is 12.3. The quantitative estimate of drug-likeness (QED) is 0.202. The fraction of sp³-hybridized carbons (Fsp3) is 0.194. The summed E-state index contributed by atoms with van der Waals surface area (Å²) in [7, 11) is 0. The summed E-state index contributed by atoms with van der Waals surface area (Å²) in [6.45, 7) is 7.11. The molecule has 0 unspecified atom stereocenters. The molecule has 0 aliphatic carbocycles. The fourth-order valence-corrected chi connectivity index (χ4v) is 4.40. The van der Waals surface area contributed by atoms with Crippen molar-refractivity contribution in [2.75, 3.05) is 6.61 Å². The van der Waals surface area contributed by atoms with E-state index in [0.717, 1.165) is 33.6 Å². The van der Waals surface area contributed by atoms with Crippen LogP contribution in [0.1, 0.15) is 45.1 Å². The number of ether oxygens (including phenoxy) is 3. The summed E-state index contributed by atoms with van der Waals surface area (Å²) >= 11 is 6.44. The minimum absolute atomic E-state index is 0.131. The van der Waals surface area contributed by atoms with E-state index in [4.69, 9.17) is 31.1 Å². The minimum atomic E-state index is 0.131. The number of rotatable bonds is 10. The summed E-state index contributed by atoms with van der Waals surface area (Å²) in [6, 6.07) is 19.0. The van der Waals surface area contributed by atoms with Gasteiger partial charge in [0, 0.05) is 24.0 Å². The van der Waals surface area contributed by atoms with Gasteiger partial charge in [-0.3, -0.25) is 9.78 Å². The third-order valence-electron chi connectivity index (χ3n) is 6.21. The monoisotopic (exact) mass is 526 g/mol. The molecule has 0 fully saturated rings. The Kier molecular flexibility index (Phi) is 8.62. The number of pyridine rings is 1. The lowest BCUT2D eigenvalue weighted by Crippen LogP contribution is -2.03. The molecule has 4 rings (SSSR count). The van der Waals surface area contributed by atoms with Crippen molar-refractivity contribution in [1.29, 1.82) is 5.26 Å². The van der Waals surface area contributed by atoms with Gasteiger partial charge < -0.3 is 14.2 Å². The van der Waals surface area contributed by atoms with Crippen LogP contribution in [0.15, 0.2) is 67.0 Å². The first-order valence-electron chi connectivity index (χ1n) is 12.1. The van der Waals surface area contributed by atoms with Crippen molar-refractivity contribution in [1.82, 2.24) is 4.98 Å². The Hall–Kier alpha value is -4.34. The van der Waals surface area contributed by atoms with Crippen LogP contribution in [-0.4, -0.2) is 17.9 Å². The number of benzene rings is 3. The number of carbonyl (C=O) groups excluding carboxylic acids is 1. The van der Waals surface area contributed by atoms with Gasteiger partial charge in [0.25, 0.3) is 0 Å². The molecule has 6 nitrogen and oxygen atoms in total. The highest BCUT2D eigenvalue weighted by Gasteiger charge is 2.15. The average Bonchev–Trinajstić information content (AvgIpc) is 2.93. The summed E-state index contributed by atoms with van der Waals surface area (Å²) in [6.07, 6.45) is 3.76. The number of aldehydes is 1. The van der Waals surface area contributed by atoms with Gasteiger partial charge in [0.1, 0.15) is 36.5 Å². The zero-order valence-electron chi connectivity index (χ0n) is 21.5. The van der Waals surface area contributed by atoms with Gasteiger partial charge in [-0.05, 0) is 66.8 Å². The average molecular weight is 527 g/mol. The highest BCUT2D eigenvalue weighted by Crippen LogP contribution is 2.35. The van der Waals surface area contributed by atoms with E-state index in [1.165, 1.54) is 12.3 Å². The Morgan fingerprint density at radius 3 is 2.37 bits per heavy atom. The number of nitriles is 1. The Morgan fingerprint density at radius 2 is 1.63 bits per heavy atom. The van der Waals surface area contributed by atoms with Crippen molar-refractivity contribution < 1.29 is 19.0 Å². The molecule has 0 amide bonds. The van der Waals surface area contributed by atoms with Crippen LogP contribution >= 0.6 is 11.6 Å². The molecule has 0 bridgehead atoms. The predicted octanol–water partition coefficient (Wildman–Crippen LogP) is 7.26. The number of halogens is 1. The molecule has 7 heteroatoms. The summed E-state index contributed by atoms with van der Waals surface area (Å²) in [5, 5.41) is 9.39. The zero-order valence-corrected chi connectivity index (χ0v) is 22.2. The molecular formula is C31H27ClN2O4. The Morgan fingerprint density at radius 1 is 0.895 bits per heavy atom. The summed E-state index contributed by atoms with van der Waals surface area (Å²) in [4.78, 5) is 15.7. The summed E-state index contributed by atoms with van der Waals surface area (Å²) in [5.41, 5.74) is 6.81. The van der Waals surface area contributed by atoms with Crippen LogP contribution in [0.2, 0.25) is 5.02 Å². The number of carbonyl (C=O) groups is 1. The third kappa shape index (κ3) is 5.96. The van der Waals surface area contributed by atoms with Gasteiger partial charge in [-0.15, -0.1) is 0 Å². The SMILES string of the molecule is CCOc1cccc(-c2cccc(COc3cc(OCc4cncc(C#N)c4)c(C=O)cc3Cl)c2C)c1C. The first kappa shape index (κ1) is 26.7. The van der Waals surface area contributed by atoms with E-state index in [0.29, 0.717) is 46.1 Å². The number of hydrogen-bond donors (Lipinski definition) is 0. The van der Waals surface area contributed by atoms with Gasteiger partial charge in [0.05, 0.1) is 22.8 Å². The highest BCUT2D eigenvalue weighted by atomic mass is 35.5. The Labute approximate surface area is 227 Å². The zero-order chi connectivity index (χ0) is 27.1. The predicted molar refractivity (Wildman–Crippen MR) is 147 cm³/mol. The van der Waals surface area contributed by atoms with Crippen molar-refractivity contribution in [2.24, 2.45) is 0 Å². The third-order valence-corrected chi connectivity index (χ3v) is 6.51.